The topological polar surface area (TPSA) is 9.23 Å². The molecule has 0 heterocycles. The average Bonchev–Trinajstić information content (AvgIpc) is 2.59. The summed E-state index contributed by atoms with van der Waals surface area (Å²) in [6.07, 6.45) is 3.15. The molecule has 1 heteroatoms. The fraction of sp³-hybridized carbons (Fsp3) is 0.273. The highest BCUT2D eigenvalue weighted by Crippen LogP contribution is 2.11. The zero-order valence-electron chi connectivity index (χ0n) is 13.9. The summed E-state index contributed by atoms with van der Waals surface area (Å²) in [5, 5.41) is 0. The van der Waals surface area contributed by atoms with Crippen LogP contribution in [0.5, 0.6) is 5.75 Å². The number of ether oxygens (including phenoxy) is 1. The molecule has 0 bridgehead atoms. The maximum absolute atomic E-state index is 5.54. The second-order valence-corrected chi connectivity index (χ2v) is 5.22. The SMILES string of the molecule is CCC#CCOc1ccc(C#Cc2ccc(CCC)cc2)cc1. The highest BCUT2D eigenvalue weighted by atomic mass is 16.5. The highest BCUT2D eigenvalue weighted by Gasteiger charge is 1.93. The summed E-state index contributed by atoms with van der Waals surface area (Å²) in [5.41, 5.74) is 3.39. The Morgan fingerprint density at radius 1 is 0.783 bits per heavy atom. The normalized spacial score (nSPS) is 9.30. The summed E-state index contributed by atoms with van der Waals surface area (Å²) < 4.78 is 5.54. The second-order valence-electron chi connectivity index (χ2n) is 5.22. The molecular weight excluding hydrogens is 280 g/mol. The van der Waals surface area contributed by atoms with Crippen LogP contribution in [-0.2, 0) is 6.42 Å². The van der Waals surface area contributed by atoms with Crippen LogP contribution in [0.4, 0.5) is 0 Å². The van der Waals surface area contributed by atoms with E-state index in [1.54, 1.807) is 0 Å². The molecule has 0 amide bonds. The molecule has 2 aromatic carbocycles. The first-order valence-corrected chi connectivity index (χ1v) is 8.11. The van der Waals surface area contributed by atoms with Gasteiger partial charge in [0.1, 0.15) is 12.4 Å². The quantitative estimate of drug-likeness (QED) is 0.735. The van der Waals surface area contributed by atoms with Gasteiger partial charge in [-0.15, -0.1) is 5.92 Å². The van der Waals surface area contributed by atoms with Crippen LogP contribution in [-0.4, -0.2) is 6.61 Å². The van der Waals surface area contributed by atoms with E-state index in [0.717, 1.165) is 29.7 Å². The number of rotatable bonds is 4. The lowest BCUT2D eigenvalue weighted by Crippen LogP contribution is -1.93. The Balaban J connectivity index is 1.95. The van der Waals surface area contributed by atoms with Crippen molar-refractivity contribution in [3.8, 4) is 29.4 Å². The predicted molar refractivity (Wildman–Crippen MR) is 96.4 cm³/mol. The van der Waals surface area contributed by atoms with Gasteiger partial charge in [0, 0.05) is 17.5 Å². The molecule has 0 aliphatic rings. The Labute approximate surface area is 139 Å². The largest absolute Gasteiger partial charge is 0.481 e. The zero-order valence-corrected chi connectivity index (χ0v) is 13.9. The van der Waals surface area contributed by atoms with Crippen LogP contribution >= 0.6 is 0 Å². The first kappa shape index (κ1) is 16.7. The molecule has 0 fully saturated rings. The van der Waals surface area contributed by atoms with Crippen LogP contribution in [0.15, 0.2) is 48.5 Å². The molecule has 0 unspecified atom stereocenters. The van der Waals surface area contributed by atoms with Gasteiger partial charge in [0.2, 0.25) is 0 Å². The van der Waals surface area contributed by atoms with Gasteiger partial charge in [0.15, 0.2) is 0 Å². The van der Waals surface area contributed by atoms with E-state index in [2.05, 4.69) is 54.9 Å². The molecular formula is C22H22O. The molecule has 0 atom stereocenters. The zero-order chi connectivity index (χ0) is 16.3. The average molecular weight is 302 g/mol. The third-order valence-electron chi connectivity index (χ3n) is 3.31. The highest BCUT2D eigenvalue weighted by molar-refractivity contribution is 5.44. The molecule has 0 saturated carbocycles. The van der Waals surface area contributed by atoms with Crippen molar-refractivity contribution in [3.63, 3.8) is 0 Å². The minimum atomic E-state index is 0.434. The summed E-state index contributed by atoms with van der Waals surface area (Å²) in [6, 6.07) is 16.3. The molecule has 2 aromatic rings. The number of aryl methyl sites for hydroxylation is 1. The summed E-state index contributed by atoms with van der Waals surface area (Å²) in [4.78, 5) is 0. The number of benzene rings is 2. The number of hydrogen-bond acceptors (Lipinski definition) is 1. The van der Waals surface area contributed by atoms with Gasteiger partial charge in [0.05, 0.1) is 0 Å². The molecule has 0 N–H and O–H groups in total. The Hall–Kier alpha value is -2.64. The van der Waals surface area contributed by atoms with Gasteiger partial charge in [-0.25, -0.2) is 0 Å². The van der Waals surface area contributed by atoms with E-state index in [1.165, 1.54) is 12.0 Å². The minimum Gasteiger partial charge on any atom is -0.481 e. The van der Waals surface area contributed by atoms with E-state index in [4.69, 9.17) is 4.74 Å². The monoisotopic (exact) mass is 302 g/mol. The van der Waals surface area contributed by atoms with E-state index in [9.17, 15) is 0 Å². The van der Waals surface area contributed by atoms with Crippen molar-refractivity contribution < 1.29 is 4.74 Å². The van der Waals surface area contributed by atoms with E-state index >= 15 is 0 Å². The van der Waals surface area contributed by atoms with Crippen LogP contribution in [0.1, 0.15) is 43.4 Å². The van der Waals surface area contributed by atoms with Gasteiger partial charge in [-0.1, -0.05) is 50.2 Å². The molecule has 2 rings (SSSR count). The summed E-state index contributed by atoms with van der Waals surface area (Å²) in [6.45, 7) is 4.65. The maximum atomic E-state index is 5.54. The lowest BCUT2D eigenvalue weighted by atomic mass is 10.1. The predicted octanol–water partition coefficient (Wildman–Crippen LogP) is 4.83. The molecule has 116 valence electrons. The van der Waals surface area contributed by atoms with Gasteiger partial charge < -0.3 is 4.74 Å². The summed E-state index contributed by atoms with van der Waals surface area (Å²) in [7, 11) is 0. The molecule has 1 nitrogen and oxygen atoms in total. The third kappa shape index (κ3) is 5.93. The second kappa shape index (κ2) is 9.39. The first-order chi connectivity index (χ1) is 11.3. The van der Waals surface area contributed by atoms with Crippen molar-refractivity contribution in [2.45, 2.75) is 33.1 Å². The Morgan fingerprint density at radius 3 is 1.96 bits per heavy atom. The molecule has 23 heavy (non-hydrogen) atoms. The van der Waals surface area contributed by atoms with Gasteiger partial charge in [0.25, 0.3) is 0 Å². The lowest BCUT2D eigenvalue weighted by Gasteiger charge is -2.01. The van der Waals surface area contributed by atoms with Crippen LogP contribution in [0.3, 0.4) is 0 Å². The van der Waals surface area contributed by atoms with Crippen LogP contribution < -0.4 is 4.74 Å². The van der Waals surface area contributed by atoms with Gasteiger partial charge >= 0.3 is 0 Å². The van der Waals surface area contributed by atoms with E-state index in [-0.39, 0.29) is 0 Å². The van der Waals surface area contributed by atoms with Crippen molar-refractivity contribution in [3.05, 3.63) is 65.2 Å². The Kier molecular flexibility index (Phi) is 6.83. The smallest absolute Gasteiger partial charge is 0.149 e. The fourth-order valence-corrected chi connectivity index (χ4v) is 2.12. The molecule has 0 radical (unpaired) electrons. The van der Waals surface area contributed by atoms with E-state index in [0.29, 0.717) is 6.61 Å². The van der Waals surface area contributed by atoms with Crippen molar-refractivity contribution >= 4 is 0 Å². The van der Waals surface area contributed by atoms with Crippen LogP contribution in [0.25, 0.3) is 0 Å². The molecule has 0 saturated heterocycles. The fourth-order valence-electron chi connectivity index (χ4n) is 2.12. The minimum absolute atomic E-state index is 0.434. The van der Waals surface area contributed by atoms with Crippen LogP contribution in [0, 0.1) is 23.7 Å². The van der Waals surface area contributed by atoms with Crippen molar-refractivity contribution in [1.29, 1.82) is 0 Å². The first-order valence-electron chi connectivity index (χ1n) is 8.11. The maximum Gasteiger partial charge on any atom is 0.149 e. The molecule has 0 aromatic heterocycles. The van der Waals surface area contributed by atoms with Gasteiger partial charge in [-0.2, -0.15) is 0 Å². The molecule has 0 spiro atoms. The Bertz CT molecular complexity index is 716. The number of hydrogen-bond donors (Lipinski definition) is 0. The molecule has 0 aliphatic carbocycles. The van der Waals surface area contributed by atoms with Crippen molar-refractivity contribution in [2.24, 2.45) is 0 Å². The third-order valence-corrected chi connectivity index (χ3v) is 3.31. The summed E-state index contributed by atoms with van der Waals surface area (Å²) in [5.74, 6) is 13.1. The van der Waals surface area contributed by atoms with Crippen molar-refractivity contribution in [2.75, 3.05) is 6.61 Å². The Morgan fingerprint density at radius 2 is 1.39 bits per heavy atom. The lowest BCUT2D eigenvalue weighted by molar-refractivity contribution is 0.370. The van der Waals surface area contributed by atoms with E-state index in [1.807, 2.05) is 31.2 Å². The summed E-state index contributed by atoms with van der Waals surface area (Å²) >= 11 is 0. The van der Waals surface area contributed by atoms with Gasteiger partial charge in [-0.05, 0) is 48.4 Å². The van der Waals surface area contributed by atoms with Crippen LogP contribution in [0.2, 0.25) is 0 Å². The van der Waals surface area contributed by atoms with Gasteiger partial charge in [-0.3, -0.25) is 0 Å². The van der Waals surface area contributed by atoms with E-state index < -0.39 is 0 Å². The standard InChI is InChI=1S/C22H22O/c1-3-5-6-18-23-22-16-14-21(15-17-22)13-12-20-10-8-19(7-4-2)9-11-20/h8-11,14-17H,3-4,7,18H2,1-2H3. The molecule has 0 aliphatic heterocycles. The van der Waals surface area contributed by atoms with Crippen molar-refractivity contribution in [1.82, 2.24) is 0 Å².